The van der Waals surface area contributed by atoms with Gasteiger partial charge in [0.15, 0.2) is 6.10 Å². The Kier molecular flexibility index (Phi) is 57.9. The van der Waals surface area contributed by atoms with Crippen LogP contribution in [0.4, 0.5) is 0 Å². The molecule has 0 heterocycles. The number of unbranched alkanes of at least 4 members (excludes halogenated alkanes) is 23. The summed E-state index contributed by atoms with van der Waals surface area (Å²) in [5.41, 5.74) is 0. The smallest absolute Gasteiger partial charge is 0.306 e. The molecular weight excluding hydrogens is 913 g/mol. The van der Waals surface area contributed by atoms with E-state index < -0.39 is 6.10 Å². The molecule has 0 aliphatic heterocycles. The van der Waals surface area contributed by atoms with Crippen molar-refractivity contribution in [1.82, 2.24) is 0 Å². The van der Waals surface area contributed by atoms with Gasteiger partial charge in [0, 0.05) is 19.3 Å². The van der Waals surface area contributed by atoms with Gasteiger partial charge in [-0.15, -0.1) is 0 Å². The first-order valence-electron chi connectivity index (χ1n) is 30.5. The van der Waals surface area contributed by atoms with Crippen molar-refractivity contribution in [2.75, 3.05) is 13.2 Å². The standard InChI is InChI=1S/C68H112O6/c1-4-7-10-13-16-19-22-24-26-28-30-31-32-33-34-35-36-37-39-40-42-44-46-49-52-55-58-61-67(70)73-64-65(63-72-66(69)60-57-54-51-48-21-18-15-12-9-6-3)74-68(71)62-59-56-53-50-47-45-43-41-38-29-27-25-23-20-17-14-11-8-5-2/h7-8,10-12,15-17,19-20,24-27,30-31,33-34,38,41,65H,4-6,9,13-14,18,21-23,28-29,32,35-37,39-40,42-64H2,1-3H3/b10-7-,11-8-,15-12-,19-16-,20-17-,26-24-,27-25-,31-30-,34-33-,41-38-. The third-order valence-corrected chi connectivity index (χ3v) is 12.7. The Hall–Kier alpha value is -4.19. The van der Waals surface area contributed by atoms with E-state index in [1.54, 1.807) is 0 Å². The highest BCUT2D eigenvalue weighted by atomic mass is 16.6. The van der Waals surface area contributed by atoms with Gasteiger partial charge in [-0.25, -0.2) is 0 Å². The van der Waals surface area contributed by atoms with E-state index >= 15 is 0 Å². The van der Waals surface area contributed by atoms with Crippen molar-refractivity contribution in [3.8, 4) is 0 Å². The number of hydrogen-bond acceptors (Lipinski definition) is 6. The summed E-state index contributed by atoms with van der Waals surface area (Å²) in [5.74, 6) is -0.917. The predicted molar refractivity (Wildman–Crippen MR) is 320 cm³/mol. The van der Waals surface area contributed by atoms with Crippen LogP contribution >= 0.6 is 0 Å². The molecule has 0 fully saturated rings. The summed E-state index contributed by atoms with van der Waals surface area (Å²) in [6.45, 7) is 6.33. The molecule has 420 valence electrons. The van der Waals surface area contributed by atoms with Gasteiger partial charge in [0.05, 0.1) is 0 Å². The molecule has 6 heteroatoms. The molecule has 0 spiro atoms. The molecule has 0 aromatic carbocycles. The molecule has 0 N–H and O–H groups in total. The van der Waals surface area contributed by atoms with E-state index in [-0.39, 0.29) is 31.1 Å². The third kappa shape index (κ3) is 58.7. The Morgan fingerprint density at radius 3 is 0.838 bits per heavy atom. The van der Waals surface area contributed by atoms with Crippen molar-refractivity contribution in [3.05, 3.63) is 122 Å². The highest BCUT2D eigenvalue weighted by Gasteiger charge is 2.19. The van der Waals surface area contributed by atoms with Gasteiger partial charge in [0.1, 0.15) is 13.2 Å². The molecule has 0 aliphatic rings. The first-order valence-corrected chi connectivity index (χ1v) is 30.5. The topological polar surface area (TPSA) is 78.9 Å². The molecule has 0 rings (SSSR count). The summed E-state index contributed by atoms with van der Waals surface area (Å²) in [5, 5.41) is 0. The fourth-order valence-corrected chi connectivity index (χ4v) is 8.17. The first kappa shape index (κ1) is 69.8. The second kappa shape index (κ2) is 61.4. The Labute approximate surface area is 456 Å². The first-order chi connectivity index (χ1) is 36.5. The molecule has 0 radical (unpaired) electrons. The minimum atomic E-state index is -0.793. The molecule has 0 saturated carbocycles. The summed E-state index contributed by atoms with van der Waals surface area (Å²) < 4.78 is 16.9. The van der Waals surface area contributed by atoms with Crippen LogP contribution in [0.3, 0.4) is 0 Å². The lowest BCUT2D eigenvalue weighted by atomic mass is 10.0. The van der Waals surface area contributed by atoms with Gasteiger partial charge >= 0.3 is 17.9 Å². The maximum Gasteiger partial charge on any atom is 0.306 e. The van der Waals surface area contributed by atoms with E-state index in [4.69, 9.17) is 14.2 Å². The maximum absolute atomic E-state index is 12.9. The van der Waals surface area contributed by atoms with Crippen molar-refractivity contribution in [3.63, 3.8) is 0 Å². The molecule has 0 saturated heterocycles. The summed E-state index contributed by atoms with van der Waals surface area (Å²) in [4.78, 5) is 38.2. The number of ether oxygens (including phenoxy) is 3. The quantitative estimate of drug-likeness (QED) is 0.0261. The van der Waals surface area contributed by atoms with E-state index in [1.807, 2.05) is 0 Å². The van der Waals surface area contributed by atoms with E-state index in [0.29, 0.717) is 19.3 Å². The molecule has 1 atom stereocenters. The number of hydrogen-bond donors (Lipinski definition) is 0. The molecular formula is C68H112O6. The van der Waals surface area contributed by atoms with Crippen molar-refractivity contribution in [2.45, 2.75) is 277 Å². The average Bonchev–Trinajstić information content (AvgIpc) is 3.40. The Morgan fingerprint density at radius 2 is 0.527 bits per heavy atom. The minimum Gasteiger partial charge on any atom is -0.462 e. The average molecular weight is 1030 g/mol. The van der Waals surface area contributed by atoms with Crippen LogP contribution in [0, 0.1) is 0 Å². The van der Waals surface area contributed by atoms with Gasteiger partial charge in [-0.05, 0) is 122 Å². The van der Waals surface area contributed by atoms with Crippen molar-refractivity contribution in [2.24, 2.45) is 0 Å². The van der Waals surface area contributed by atoms with Crippen LogP contribution in [0.2, 0.25) is 0 Å². The second-order valence-electron chi connectivity index (χ2n) is 19.8. The van der Waals surface area contributed by atoms with Crippen molar-refractivity contribution in [1.29, 1.82) is 0 Å². The molecule has 0 aromatic heterocycles. The van der Waals surface area contributed by atoms with Gasteiger partial charge in [-0.1, -0.05) is 251 Å². The molecule has 0 aliphatic carbocycles. The summed E-state index contributed by atoms with van der Waals surface area (Å²) in [7, 11) is 0. The van der Waals surface area contributed by atoms with E-state index in [9.17, 15) is 14.4 Å². The molecule has 6 nitrogen and oxygen atoms in total. The van der Waals surface area contributed by atoms with Crippen LogP contribution in [0.25, 0.3) is 0 Å². The molecule has 74 heavy (non-hydrogen) atoms. The van der Waals surface area contributed by atoms with Crippen LogP contribution in [-0.2, 0) is 28.6 Å². The lowest BCUT2D eigenvalue weighted by Gasteiger charge is -2.18. The van der Waals surface area contributed by atoms with E-state index in [2.05, 4.69) is 142 Å². The zero-order valence-corrected chi connectivity index (χ0v) is 48.1. The number of carbonyl (C=O) groups is 3. The SMILES string of the molecule is CC/C=C\C/C=C\C/C=C\C/C=C\C/C=C\CCCCCCCCCCCCCC(=O)OCC(COC(=O)CCCCCCC/C=C\CCC)OC(=O)CCCCCCCC/C=C\C/C=C\C/C=C\C/C=C\CC. The number of carbonyl (C=O) groups excluding carboxylic acids is 3. The fourth-order valence-electron chi connectivity index (χ4n) is 8.17. The normalized spacial score (nSPS) is 13.0. The lowest BCUT2D eigenvalue weighted by molar-refractivity contribution is -0.167. The van der Waals surface area contributed by atoms with Crippen LogP contribution in [-0.4, -0.2) is 37.2 Å². The van der Waals surface area contributed by atoms with Crippen LogP contribution < -0.4 is 0 Å². The van der Waals surface area contributed by atoms with Gasteiger partial charge in [0.2, 0.25) is 0 Å². The Bertz CT molecular complexity index is 1550. The second-order valence-corrected chi connectivity index (χ2v) is 19.8. The number of allylic oxidation sites excluding steroid dienone is 20. The van der Waals surface area contributed by atoms with Gasteiger partial charge in [0.25, 0.3) is 0 Å². The van der Waals surface area contributed by atoms with Gasteiger partial charge in [-0.2, -0.15) is 0 Å². The highest BCUT2D eigenvalue weighted by Crippen LogP contribution is 2.15. The minimum absolute atomic E-state index is 0.0901. The van der Waals surface area contributed by atoms with Crippen LogP contribution in [0.1, 0.15) is 271 Å². The van der Waals surface area contributed by atoms with Gasteiger partial charge in [-0.3, -0.25) is 14.4 Å². The third-order valence-electron chi connectivity index (χ3n) is 12.7. The maximum atomic E-state index is 12.9. The van der Waals surface area contributed by atoms with E-state index in [0.717, 1.165) is 148 Å². The van der Waals surface area contributed by atoms with Crippen LogP contribution in [0.5, 0.6) is 0 Å². The van der Waals surface area contributed by atoms with Crippen LogP contribution in [0.15, 0.2) is 122 Å². The highest BCUT2D eigenvalue weighted by molar-refractivity contribution is 5.71. The molecule has 0 aromatic rings. The number of esters is 3. The fraction of sp³-hybridized carbons (Fsp3) is 0.662. The summed E-state index contributed by atoms with van der Waals surface area (Å²) in [6, 6.07) is 0. The monoisotopic (exact) mass is 1020 g/mol. The largest absolute Gasteiger partial charge is 0.462 e. The van der Waals surface area contributed by atoms with Gasteiger partial charge < -0.3 is 14.2 Å². The van der Waals surface area contributed by atoms with Crippen molar-refractivity contribution < 1.29 is 28.6 Å². The van der Waals surface area contributed by atoms with Crippen molar-refractivity contribution >= 4 is 17.9 Å². The Morgan fingerprint density at radius 1 is 0.284 bits per heavy atom. The summed E-state index contributed by atoms with van der Waals surface area (Å²) >= 11 is 0. The van der Waals surface area contributed by atoms with E-state index in [1.165, 1.54) is 83.5 Å². The number of rotatable bonds is 54. The zero-order chi connectivity index (χ0) is 53.6. The predicted octanol–water partition coefficient (Wildman–Crippen LogP) is 20.8. The summed E-state index contributed by atoms with van der Waals surface area (Å²) in [6.07, 6.45) is 84.9. The molecule has 0 bridgehead atoms. The zero-order valence-electron chi connectivity index (χ0n) is 48.1. The lowest BCUT2D eigenvalue weighted by Crippen LogP contribution is -2.30. The molecule has 0 amide bonds. The Balaban J connectivity index is 4.28. The molecule has 1 unspecified atom stereocenters.